The van der Waals surface area contributed by atoms with Crippen molar-refractivity contribution >= 4 is 5.97 Å². The summed E-state index contributed by atoms with van der Waals surface area (Å²) < 4.78 is 0. The standard InChI is InChI=1S/C13H25NO2/c1-4-12(10(2)3)14-7-5-11(6-8-14)9-13(15)16/h10-12H,4-9H2,1-3H3,(H,15,16). The summed E-state index contributed by atoms with van der Waals surface area (Å²) >= 11 is 0. The zero-order valence-corrected chi connectivity index (χ0v) is 10.8. The summed E-state index contributed by atoms with van der Waals surface area (Å²) in [5, 5.41) is 8.76. The highest BCUT2D eigenvalue weighted by Gasteiger charge is 2.26. The normalized spacial score (nSPS) is 21.2. The molecular formula is C13H25NO2. The molecule has 16 heavy (non-hydrogen) atoms. The van der Waals surface area contributed by atoms with Gasteiger partial charge in [-0.05, 0) is 44.2 Å². The predicted molar refractivity (Wildman–Crippen MR) is 65.5 cm³/mol. The largest absolute Gasteiger partial charge is 0.481 e. The second-order valence-corrected chi connectivity index (χ2v) is 5.30. The summed E-state index contributed by atoms with van der Waals surface area (Å²) in [6, 6.07) is 0.672. The Hall–Kier alpha value is -0.570. The van der Waals surface area contributed by atoms with Crippen LogP contribution in [0.5, 0.6) is 0 Å². The second-order valence-electron chi connectivity index (χ2n) is 5.30. The summed E-state index contributed by atoms with van der Waals surface area (Å²) in [7, 11) is 0. The van der Waals surface area contributed by atoms with Crippen molar-refractivity contribution in [3.63, 3.8) is 0 Å². The van der Waals surface area contributed by atoms with Crippen molar-refractivity contribution in [1.82, 2.24) is 4.90 Å². The number of aliphatic carboxylic acids is 1. The van der Waals surface area contributed by atoms with Gasteiger partial charge in [-0.25, -0.2) is 0 Å². The van der Waals surface area contributed by atoms with Crippen LogP contribution in [0.15, 0.2) is 0 Å². The van der Waals surface area contributed by atoms with E-state index in [4.69, 9.17) is 5.11 Å². The third-order valence-corrected chi connectivity index (χ3v) is 3.77. The summed E-state index contributed by atoms with van der Waals surface area (Å²) in [4.78, 5) is 13.2. The van der Waals surface area contributed by atoms with Gasteiger partial charge >= 0.3 is 5.97 Å². The molecule has 0 aromatic carbocycles. The molecule has 1 aliphatic heterocycles. The van der Waals surface area contributed by atoms with Crippen LogP contribution in [0.3, 0.4) is 0 Å². The second kappa shape index (κ2) is 6.24. The molecule has 1 atom stereocenters. The minimum absolute atomic E-state index is 0.353. The van der Waals surface area contributed by atoms with Crippen LogP contribution in [0.4, 0.5) is 0 Å². The lowest BCUT2D eigenvalue weighted by Gasteiger charge is -2.38. The molecule has 3 nitrogen and oxygen atoms in total. The van der Waals surface area contributed by atoms with Crippen molar-refractivity contribution in [2.45, 2.75) is 52.5 Å². The molecule has 1 saturated heterocycles. The first-order valence-electron chi connectivity index (χ1n) is 6.50. The Balaban J connectivity index is 2.38. The van der Waals surface area contributed by atoms with Crippen LogP contribution in [0.25, 0.3) is 0 Å². The molecule has 0 spiro atoms. The number of carboxylic acid groups (broad SMARTS) is 1. The first-order chi connectivity index (χ1) is 7.54. The topological polar surface area (TPSA) is 40.5 Å². The van der Waals surface area contributed by atoms with Crippen molar-refractivity contribution in [2.24, 2.45) is 11.8 Å². The van der Waals surface area contributed by atoms with Gasteiger partial charge in [0.1, 0.15) is 0 Å². The average Bonchev–Trinajstić information content (AvgIpc) is 2.20. The summed E-state index contributed by atoms with van der Waals surface area (Å²) in [6.45, 7) is 8.95. The summed E-state index contributed by atoms with van der Waals surface area (Å²) in [5.41, 5.74) is 0. The monoisotopic (exact) mass is 227 g/mol. The number of likely N-dealkylation sites (tertiary alicyclic amines) is 1. The molecule has 0 radical (unpaired) electrons. The van der Waals surface area contributed by atoms with Crippen LogP contribution in [0.2, 0.25) is 0 Å². The zero-order valence-electron chi connectivity index (χ0n) is 10.8. The molecule has 0 saturated carbocycles. The molecule has 1 aliphatic rings. The van der Waals surface area contributed by atoms with Crippen LogP contribution >= 0.6 is 0 Å². The number of hydrogen-bond donors (Lipinski definition) is 1. The maximum atomic E-state index is 10.6. The van der Waals surface area contributed by atoms with E-state index >= 15 is 0 Å². The molecule has 3 heteroatoms. The molecule has 0 amide bonds. The van der Waals surface area contributed by atoms with Gasteiger partial charge in [0.05, 0.1) is 0 Å². The summed E-state index contributed by atoms with van der Waals surface area (Å²) in [5.74, 6) is 0.453. The van der Waals surface area contributed by atoms with Crippen molar-refractivity contribution in [2.75, 3.05) is 13.1 Å². The van der Waals surface area contributed by atoms with Crippen LogP contribution in [0.1, 0.15) is 46.5 Å². The van der Waals surface area contributed by atoms with Crippen molar-refractivity contribution < 1.29 is 9.90 Å². The number of hydrogen-bond acceptors (Lipinski definition) is 2. The maximum Gasteiger partial charge on any atom is 0.303 e. The molecule has 94 valence electrons. The Morgan fingerprint density at radius 2 is 1.94 bits per heavy atom. The van der Waals surface area contributed by atoms with Crippen LogP contribution in [-0.2, 0) is 4.79 Å². The highest BCUT2D eigenvalue weighted by Crippen LogP contribution is 2.25. The number of piperidine rings is 1. The van der Waals surface area contributed by atoms with Crippen molar-refractivity contribution in [1.29, 1.82) is 0 Å². The first-order valence-corrected chi connectivity index (χ1v) is 6.50. The molecule has 0 aliphatic carbocycles. The van der Waals surface area contributed by atoms with Crippen LogP contribution < -0.4 is 0 Å². The van der Waals surface area contributed by atoms with Gasteiger partial charge in [-0.15, -0.1) is 0 Å². The van der Waals surface area contributed by atoms with Gasteiger partial charge in [0, 0.05) is 12.5 Å². The van der Waals surface area contributed by atoms with Gasteiger partial charge in [0.2, 0.25) is 0 Å². The molecule has 0 aromatic rings. The van der Waals surface area contributed by atoms with Gasteiger partial charge in [0.25, 0.3) is 0 Å². The van der Waals surface area contributed by atoms with Gasteiger partial charge in [-0.1, -0.05) is 20.8 Å². The van der Waals surface area contributed by atoms with E-state index in [0.29, 0.717) is 24.3 Å². The van der Waals surface area contributed by atoms with Gasteiger partial charge < -0.3 is 10.0 Å². The molecular weight excluding hydrogens is 202 g/mol. The minimum Gasteiger partial charge on any atom is -0.481 e. The smallest absolute Gasteiger partial charge is 0.303 e. The number of carbonyl (C=O) groups is 1. The Kier molecular flexibility index (Phi) is 5.26. The molecule has 0 bridgehead atoms. The third kappa shape index (κ3) is 3.78. The van der Waals surface area contributed by atoms with E-state index in [1.807, 2.05) is 0 Å². The van der Waals surface area contributed by atoms with Gasteiger partial charge in [-0.2, -0.15) is 0 Å². The van der Waals surface area contributed by atoms with E-state index in [2.05, 4.69) is 25.7 Å². The first kappa shape index (κ1) is 13.5. The van der Waals surface area contributed by atoms with Gasteiger partial charge in [0.15, 0.2) is 0 Å². The fourth-order valence-corrected chi connectivity index (χ4v) is 2.89. The van der Waals surface area contributed by atoms with E-state index in [-0.39, 0.29) is 0 Å². The quantitative estimate of drug-likeness (QED) is 0.785. The molecule has 1 fully saturated rings. The molecule has 1 N–H and O–H groups in total. The fourth-order valence-electron chi connectivity index (χ4n) is 2.89. The average molecular weight is 227 g/mol. The Bertz CT molecular complexity index is 220. The molecule has 0 aromatic heterocycles. The highest BCUT2D eigenvalue weighted by molar-refractivity contribution is 5.67. The van der Waals surface area contributed by atoms with Crippen molar-refractivity contribution in [3.05, 3.63) is 0 Å². The lowest BCUT2D eigenvalue weighted by Crippen LogP contribution is -2.44. The van der Waals surface area contributed by atoms with E-state index in [0.717, 1.165) is 25.9 Å². The number of rotatable bonds is 5. The van der Waals surface area contributed by atoms with Crippen LogP contribution in [-0.4, -0.2) is 35.1 Å². The predicted octanol–water partition coefficient (Wildman–Crippen LogP) is 2.61. The van der Waals surface area contributed by atoms with Crippen molar-refractivity contribution in [3.8, 4) is 0 Å². The lowest BCUT2D eigenvalue weighted by atomic mass is 9.90. The third-order valence-electron chi connectivity index (χ3n) is 3.77. The lowest BCUT2D eigenvalue weighted by molar-refractivity contribution is -0.138. The van der Waals surface area contributed by atoms with E-state index in [1.165, 1.54) is 6.42 Å². The van der Waals surface area contributed by atoms with Gasteiger partial charge in [-0.3, -0.25) is 4.79 Å². The highest BCUT2D eigenvalue weighted by atomic mass is 16.4. The molecule has 1 unspecified atom stereocenters. The molecule has 1 heterocycles. The number of carboxylic acids is 1. The number of nitrogens with zero attached hydrogens (tertiary/aromatic N) is 1. The summed E-state index contributed by atoms with van der Waals surface area (Å²) in [6.07, 6.45) is 3.65. The van der Waals surface area contributed by atoms with E-state index < -0.39 is 5.97 Å². The SMILES string of the molecule is CCC(C(C)C)N1CCC(CC(=O)O)CC1. The minimum atomic E-state index is -0.644. The maximum absolute atomic E-state index is 10.6. The Morgan fingerprint density at radius 1 is 1.38 bits per heavy atom. The van der Waals surface area contributed by atoms with E-state index in [9.17, 15) is 4.79 Å². The fraction of sp³-hybridized carbons (Fsp3) is 0.923. The van der Waals surface area contributed by atoms with E-state index in [1.54, 1.807) is 0 Å². The Morgan fingerprint density at radius 3 is 2.31 bits per heavy atom. The zero-order chi connectivity index (χ0) is 12.1. The van der Waals surface area contributed by atoms with Crippen LogP contribution in [0, 0.1) is 11.8 Å². The Labute approximate surface area is 98.8 Å². The molecule has 1 rings (SSSR count).